The van der Waals surface area contributed by atoms with E-state index >= 15 is 0 Å². The molecule has 1 nitrogen and oxygen atoms in total. The van der Waals surface area contributed by atoms with E-state index in [1.165, 1.54) is 50.0 Å². The Kier molecular flexibility index (Phi) is 4.88. The lowest BCUT2D eigenvalue weighted by Gasteiger charge is -2.16. The average molecular weight is 425 g/mol. The Morgan fingerprint density at radius 1 is 0.636 bits per heavy atom. The second kappa shape index (κ2) is 8.18. The molecule has 1 heteroatoms. The number of para-hydroxylation sites is 1. The van der Waals surface area contributed by atoms with E-state index in [0.29, 0.717) is 0 Å². The highest BCUT2D eigenvalue weighted by Gasteiger charge is 2.40. The molecule has 1 aliphatic carbocycles. The first kappa shape index (κ1) is 19.7. The fraction of sp³-hybridized carbons (Fsp3) is 0.0938. The molecule has 0 saturated carbocycles. The van der Waals surface area contributed by atoms with Crippen molar-refractivity contribution in [3.8, 4) is 0 Å². The van der Waals surface area contributed by atoms with Crippen LogP contribution >= 0.6 is 0 Å². The summed E-state index contributed by atoms with van der Waals surface area (Å²) >= 11 is 0. The van der Waals surface area contributed by atoms with Gasteiger partial charge in [-0.05, 0) is 46.4 Å². The molecule has 6 rings (SSSR count). The SMILES string of the molecule is C[n+]1c2c(cc3ccccc31)C(c1ccccc1)=C(c1ccccc1)C2Cc1ccccc1. The normalized spacial score (nSPS) is 15.1. The molecule has 1 atom stereocenters. The molecule has 1 unspecified atom stereocenters. The first-order chi connectivity index (χ1) is 16.3. The molecule has 33 heavy (non-hydrogen) atoms. The smallest absolute Gasteiger partial charge is 0.197 e. The first-order valence-electron chi connectivity index (χ1n) is 11.6. The van der Waals surface area contributed by atoms with Gasteiger partial charge in [0.15, 0.2) is 5.69 Å². The van der Waals surface area contributed by atoms with Gasteiger partial charge in [0.25, 0.3) is 0 Å². The lowest BCUT2D eigenvalue weighted by Crippen LogP contribution is -2.36. The largest absolute Gasteiger partial charge is 0.212 e. The molecule has 0 aliphatic heterocycles. The van der Waals surface area contributed by atoms with Gasteiger partial charge in [-0.25, -0.2) is 0 Å². The molecular formula is C32H26N+. The van der Waals surface area contributed by atoms with Gasteiger partial charge in [-0.1, -0.05) is 103 Å². The van der Waals surface area contributed by atoms with Crippen LogP contribution in [0.4, 0.5) is 0 Å². The highest BCUT2D eigenvalue weighted by molar-refractivity contribution is 6.06. The minimum absolute atomic E-state index is 0.273. The molecule has 4 aromatic carbocycles. The van der Waals surface area contributed by atoms with Crippen LogP contribution in [-0.4, -0.2) is 0 Å². The topological polar surface area (TPSA) is 3.88 Å². The lowest BCUT2D eigenvalue weighted by molar-refractivity contribution is -0.653. The quantitative estimate of drug-likeness (QED) is 0.275. The van der Waals surface area contributed by atoms with Crippen LogP contribution in [-0.2, 0) is 13.5 Å². The standard InChI is InChI=1S/C32H26N/c1-33-29-20-12-11-19-26(29)22-28-31(25-17-9-4-10-18-25)30(24-15-7-3-8-16-24)27(32(28)33)21-23-13-5-2-6-14-23/h2-20,22,27H,21H2,1H3/q+1. The number of fused-ring (bicyclic) bond motifs is 2. The van der Waals surface area contributed by atoms with E-state index in [9.17, 15) is 0 Å². The molecule has 0 spiro atoms. The molecule has 0 N–H and O–H groups in total. The zero-order valence-corrected chi connectivity index (χ0v) is 18.8. The van der Waals surface area contributed by atoms with Gasteiger partial charge in [0.2, 0.25) is 5.52 Å². The van der Waals surface area contributed by atoms with E-state index in [4.69, 9.17) is 0 Å². The third-order valence-corrected chi connectivity index (χ3v) is 6.88. The third kappa shape index (κ3) is 3.37. The molecule has 158 valence electrons. The van der Waals surface area contributed by atoms with Crippen molar-refractivity contribution >= 4 is 22.0 Å². The Morgan fingerprint density at radius 3 is 1.91 bits per heavy atom. The van der Waals surface area contributed by atoms with Crippen LogP contribution in [0.15, 0.2) is 121 Å². The van der Waals surface area contributed by atoms with Crippen LogP contribution < -0.4 is 4.57 Å². The van der Waals surface area contributed by atoms with E-state index in [1.54, 1.807) is 0 Å². The van der Waals surface area contributed by atoms with Crippen molar-refractivity contribution in [1.82, 2.24) is 0 Å². The summed E-state index contributed by atoms with van der Waals surface area (Å²) in [4.78, 5) is 0. The Morgan fingerprint density at radius 2 is 1.21 bits per heavy atom. The summed E-state index contributed by atoms with van der Waals surface area (Å²) in [5.41, 5.74) is 10.8. The number of aryl methyl sites for hydroxylation is 1. The van der Waals surface area contributed by atoms with Gasteiger partial charge in [0, 0.05) is 11.5 Å². The fourth-order valence-corrected chi connectivity index (χ4v) is 5.46. The predicted molar refractivity (Wildman–Crippen MR) is 137 cm³/mol. The van der Waals surface area contributed by atoms with Gasteiger partial charge in [-0.15, -0.1) is 0 Å². The van der Waals surface area contributed by atoms with Crippen molar-refractivity contribution in [2.24, 2.45) is 7.05 Å². The van der Waals surface area contributed by atoms with Crippen molar-refractivity contribution in [3.63, 3.8) is 0 Å². The summed E-state index contributed by atoms with van der Waals surface area (Å²) in [6.45, 7) is 0. The van der Waals surface area contributed by atoms with Gasteiger partial charge < -0.3 is 0 Å². The Labute approximate surface area is 195 Å². The van der Waals surface area contributed by atoms with Crippen LogP contribution in [0, 0.1) is 0 Å². The van der Waals surface area contributed by atoms with Crippen molar-refractivity contribution in [2.75, 3.05) is 0 Å². The molecule has 0 bridgehead atoms. The van der Waals surface area contributed by atoms with Crippen molar-refractivity contribution in [1.29, 1.82) is 0 Å². The maximum atomic E-state index is 2.43. The Hall–Kier alpha value is -3.97. The molecule has 5 aromatic rings. The summed E-state index contributed by atoms with van der Waals surface area (Å²) in [6, 6.07) is 43.9. The van der Waals surface area contributed by atoms with E-state index in [-0.39, 0.29) is 5.92 Å². The first-order valence-corrected chi connectivity index (χ1v) is 11.6. The number of hydrogen-bond acceptors (Lipinski definition) is 0. The molecule has 1 aromatic heterocycles. The zero-order valence-electron chi connectivity index (χ0n) is 18.8. The molecule has 0 radical (unpaired) electrons. The van der Waals surface area contributed by atoms with E-state index in [0.717, 1.165) is 6.42 Å². The molecule has 1 heterocycles. The van der Waals surface area contributed by atoms with E-state index in [1.807, 2.05) is 0 Å². The molecular weight excluding hydrogens is 398 g/mol. The maximum absolute atomic E-state index is 2.43. The minimum atomic E-state index is 0.273. The van der Waals surface area contributed by atoms with Gasteiger partial charge in [0.1, 0.15) is 7.05 Å². The van der Waals surface area contributed by atoms with Crippen LogP contribution in [0.25, 0.3) is 22.0 Å². The van der Waals surface area contributed by atoms with Crippen LogP contribution in [0.5, 0.6) is 0 Å². The average Bonchev–Trinajstić information content (AvgIpc) is 3.20. The van der Waals surface area contributed by atoms with Crippen LogP contribution in [0.2, 0.25) is 0 Å². The number of aromatic nitrogens is 1. The fourth-order valence-electron chi connectivity index (χ4n) is 5.46. The second-order valence-electron chi connectivity index (χ2n) is 8.82. The van der Waals surface area contributed by atoms with Crippen molar-refractivity contribution in [2.45, 2.75) is 12.3 Å². The summed E-state index contributed by atoms with van der Waals surface area (Å²) in [7, 11) is 2.23. The zero-order chi connectivity index (χ0) is 22.2. The summed E-state index contributed by atoms with van der Waals surface area (Å²) in [6.07, 6.45) is 0.973. The number of rotatable bonds is 4. The molecule has 0 amide bonds. The number of hydrogen-bond donors (Lipinski definition) is 0. The number of nitrogens with zero attached hydrogens (tertiary/aromatic N) is 1. The van der Waals surface area contributed by atoms with E-state index < -0.39 is 0 Å². The summed E-state index contributed by atoms with van der Waals surface area (Å²) in [5, 5.41) is 1.28. The molecule has 0 saturated heterocycles. The molecule has 1 aliphatic rings. The number of pyridine rings is 1. The van der Waals surface area contributed by atoms with Crippen LogP contribution in [0.3, 0.4) is 0 Å². The third-order valence-electron chi connectivity index (χ3n) is 6.88. The summed E-state index contributed by atoms with van der Waals surface area (Å²) in [5.74, 6) is 0.273. The molecule has 0 fully saturated rings. The maximum Gasteiger partial charge on any atom is 0.212 e. The highest BCUT2D eigenvalue weighted by atomic mass is 15.0. The number of allylic oxidation sites excluding steroid dienone is 1. The Bertz CT molecular complexity index is 1470. The van der Waals surface area contributed by atoms with Gasteiger partial charge in [-0.2, -0.15) is 4.57 Å². The van der Waals surface area contributed by atoms with Crippen molar-refractivity contribution in [3.05, 3.63) is 149 Å². The van der Waals surface area contributed by atoms with Crippen molar-refractivity contribution < 1.29 is 4.57 Å². The lowest BCUT2D eigenvalue weighted by atomic mass is 9.86. The van der Waals surface area contributed by atoms with Crippen LogP contribution in [0.1, 0.15) is 33.9 Å². The summed E-state index contributed by atoms with van der Waals surface area (Å²) < 4.78 is 2.43. The monoisotopic (exact) mass is 424 g/mol. The highest BCUT2D eigenvalue weighted by Crippen LogP contribution is 2.50. The second-order valence-corrected chi connectivity index (χ2v) is 8.82. The predicted octanol–water partition coefficient (Wildman–Crippen LogP) is 6.96. The van der Waals surface area contributed by atoms with Gasteiger partial charge in [-0.3, -0.25) is 0 Å². The minimum Gasteiger partial charge on any atom is -0.197 e. The Balaban J connectivity index is 1.69. The van der Waals surface area contributed by atoms with Gasteiger partial charge >= 0.3 is 0 Å². The van der Waals surface area contributed by atoms with E-state index in [2.05, 4.69) is 133 Å². The van der Waals surface area contributed by atoms with Gasteiger partial charge in [0.05, 0.1) is 11.5 Å². The number of benzene rings is 4.